The van der Waals surface area contributed by atoms with E-state index < -0.39 is 45.9 Å². The van der Waals surface area contributed by atoms with E-state index in [-0.39, 0.29) is 29.6 Å². The Morgan fingerprint density at radius 2 is 1.68 bits per heavy atom. The second-order valence-electron chi connectivity index (χ2n) is 7.52. The molecule has 1 aromatic rings. The Hall–Kier alpha value is -1.87. The molecule has 31 heavy (non-hydrogen) atoms. The van der Waals surface area contributed by atoms with E-state index in [2.05, 4.69) is 0 Å². The molecule has 3 unspecified atom stereocenters. The zero-order valence-corrected chi connectivity index (χ0v) is 19.2. The van der Waals surface area contributed by atoms with Crippen molar-refractivity contribution in [1.82, 2.24) is 4.90 Å². The molecule has 2 amide bonds. The molecular formula is C20H21Cl3N2O6. The van der Waals surface area contributed by atoms with Crippen molar-refractivity contribution in [3.8, 4) is 0 Å². The van der Waals surface area contributed by atoms with Gasteiger partial charge in [-0.05, 0) is 24.0 Å². The average Bonchev–Trinajstić information content (AvgIpc) is 2.94. The number of nitrogens with one attached hydrogen (secondary N) is 1. The van der Waals surface area contributed by atoms with Gasteiger partial charge in [0.1, 0.15) is 12.6 Å². The van der Waals surface area contributed by atoms with Crippen molar-refractivity contribution in [2.75, 3.05) is 6.61 Å². The summed E-state index contributed by atoms with van der Waals surface area (Å²) in [7, 11) is 0. The maximum absolute atomic E-state index is 13.1. The summed E-state index contributed by atoms with van der Waals surface area (Å²) in [6, 6.07) is 5.55. The van der Waals surface area contributed by atoms with Gasteiger partial charge >= 0.3 is 5.97 Å². The van der Waals surface area contributed by atoms with Gasteiger partial charge in [-0.1, -0.05) is 60.8 Å². The van der Waals surface area contributed by atoms with Crippen molar-refractivity contribution >= 4 is 58.5 Å². The largest absolute Gasteiger partial charge is 0.463 e. The highest BCUT2D eigenvalue weighted by molar-refractivity contribution is 6.76. The number of carbonyl (C=O) groups excluding carboxylic acids is 3. The van der Waals surface area contributed by atoms with Crippen LogP contribution in [0.25, 0.3) is 0 Å². The molecule has 2 heterocycles. The Balaban J connectivity index is 1.96. The number of benzene rings is 1. The molecule has 2 aliphatic rings. The number of imide groups is 1. The van der Waals surface area contributed by atoms with Crippen LogP contribution >= 0.6 is 34.8 Å². The minimum atomic E-state index is -2.17. The number of nitrogens with zero attached hydrogens (tertiary/aromatic N) is 1. The Kier molecular flexibility index (Phi) is 6.86. The van der Waals surface area contributed by atoms with Gasteiger partial charge in [-0.15, -0.1) is 0 Å². The molecule has 1 fully saturated rings. The van der Waals surface area contributed by atoms with Gasteiger partial charge in [-0.25, -0.2) is 0 Å². The molecule has 3 rings (SSSR count). The van der Waals surface area contributed by atoms with E-state index in [1.165, 1.54) is 6.92 Å². The highest BCUT2D eigenvalue weighted by atomic mass is 35.6. The zero-order valence-electron chi connectivity index (χ0n) is 16.9. The van der Waals surface area contributed by atoms with E-state index in [4.69, 9.17) is 54.4 Å². The van der Waals surface area contributed by atoms with E-state index in [0.717, 1.165) is 4.90 Å². The molecule has 0 radical (unpaired) electrons. The highest BCUT2D eigenvalue weighted by Crippen LogP contribution is 2.39. The number of alkyl halides is 3. The summed E-state index contributed by atoms with van der Waals surface area (Å²) >= 11 is 17.3. The molecule has 0 saturated carbocycles. The van der Waals surface area contributed by atoms with Crippen molar-refractivity contribution in [3.05, 3.63) is 35.4 Å². The molecule has 0 aliphatic carbocycles. The number of hydrogen-bond acceptors (Lipinski definition) is 7. The van der Waals surface area contributed by atoms with Crippen LogP contribution in [0, 0.1) is 17.2 Å². The lowest BCUT2D eigenvalue weighted by Crippen LogP contribution is -2.60. The number of amides is 2. The Bertz CT molecular complexity index is 883. The third-order valence-electron chi connectivity index (χ3n) is 5.61. The molecule has 0 aromatic heterocycles. The van der Waals surface area contributed by atoms with E-state index in [1.54, 1.807) is 24.3 Å². The topological polar surface area (TPSA) is 106 Å². The summed E-state index contributed by atoms with van der Waals surface area (Å²) in [5.74, 6) is -2.81. The number of hydrogen-bond donors (Lipinski definition) is 1. The van der Waals surface area contributed by atoms with Crippen LogP contribution in [0.15, 0.2) is 24.3 Å². The lowest BCUT2D eigenvalue weighted by Gasteiger charge is -2.46. The monoisotopic (exact) mass is 490 g/mol. The smallest absolute Gasteiger partial charge is 0.302 e. The summed E-state index contributed by atoms with van der Waals surface area (Å²) in [5.41, 5.74) is 0.536. The van der Waals surface area contributed by atoms with Gasteiger partial charge in [0.25, 0.3) is 15.6 Å². The van der Waals surface area contributed by atoms with Crippen molar-refractivity contribution in [2.45, 2.75) is 43.0 Å². The third kappa shape index (κ3) is 4.67. The van der Waals surface area contributed by atoms with Crippen LogP contribution < -0.4 is 0 Å². The molecular weight excluding hydrogens is 471 g/mol. The fourth-order valence-corrected chi connectivity index (χ4v) is 3.91. The standard InChI is InChI=1S/C20H21Cl3N2O6/c1-9-10(2)15(25-16(27)12-6-4-5-7-13(12)17(25)28)18(31-19(24)20(21,22)23)30-14(9)8-29-11(3)26/h4-7,9-10,14-15,18,24H,8H2,1-3H3/t9-,10-,14?,15?,18?/m0/s1. The molecule has 168 valence electrons. The quantitative estimate of drug-likeness (QED) is 0.227. The van der Waals surface area contributed by atoms with E-state index in [9.17, 15) is 14.4 Å². The van der Waals surface area contributed by atoms with Crippen LogP contribution in [0.3, 0.4) is 0 Å². The first kappa shape index (κ1) is 23.8. The first-order valence-corrected chi connectivity index (χ1v) is 10.6. The first-order chi connectivity index (χ1) is 14.4. The minimum Gasteiger partial charge on any atom is -0.463 e. The van der Waals surface area contributed by atoms with Crippen LogP contribution in [0.1, 0.15) is 41.5 Å². The number of ether oxygens (including phenoxy) is 3. The summed E-state index contributed by atoms with van der Waals surface area (Å²) in [4.78, 5) is 38.5. The van der Waals surface area contributed by atoms with Crippen LogP contribution in [0.4, 0.5) is 0 Å². The first-order valence-electron chi connectivity index (χ1n) is 9.51. The highest BCUT2D eigenvalue weighted by Gasteiger charge is 2.52. The summed E-state index contributed by atoms with van der Waals surface area (Å²) in [6.45, 7) is 4.86. The van der Waals surface area contributed by atoms with Gasteiger partial charge in [0.05, 0.1) is 17.2 Å². The van der Waals surface area contributed by atoms with Gasteiger partial charge in [0, 0.05) is 6.92 Å². The van der Waals surface area contributed by atoms with Crippen molar-refractivity contribution in [3.63, 3.8) is 0 Å². The van der Waals surface area contributed by atoms with Crippen LogP contribution in [0.2, 0.25) is 0 Å². The van der Waals surface area contributed by atoms with Gasteiger partial charge in [-0.2, -0.15) is 0 Å². The van der Waals surface area contributed by atoms with E-state index in [0.29, 0.717) is 0 Å². The third-order valence-corrected chi connectivity index (χ3v) is 6.12. The van der Waals surface area contributed by atoms with Gasteiger partial charge < -0.3 is 14.2 Å². The molecule has 0 spiro atoms. The SMILES string of the molecule is CC(=O)OCC1OC(OC(=N)C(Cl)(Cl)Cl)C(N2C(=O)c3ccccc3C2=O)[C@@H](C)[C@@H]1C. The fraction of sp³-hybridized carbons (Fsp3) is 0.500. The lowest BCUT2D eigenvalue weighted by atomic mass is 9.81. The second-order valence-corrected chi connectivity index (χ2v) is 9.81. The van der Waals surface area contributed by atoms with Gasteiger partial charge in [-0.3, -0.25) is 24.7 Å². The van der Waals surface area contributed by atoms with Crippen LogP contribution in [-0.4, -0.2) is 57.4 Å². The normalized spacial score (nSPS) is 28.3. The Morgan fingerprint density at radius 1 is 1.13 bits per heavy atom. The van der Waals surface area contributed by atoms with Gasteiger partial charge in [0.2, 0.25) is 12.2 Å². The molecule has 0 bridgehead atoms. The average molecular weight is 492 g/mol. The van der Waals surface area contributed by atoms with E-state index in [1.807, 2.05) is 13.8 Å². The predicted octanol–water partition coefficient (Wildman–Crippen LogP) is 3.58. The van der Waals surface area contributed by atoms with Gasteiger partial charge in [0.15, 0.2) is 0 Å². The van der Waals surface area contributed by atoms with Crippen LogP contribution in [0.5, 0.6) is 0 Å². The Labute approximate surface area is 194 Å². The van der Waals surface area contributed by atoms with Crippen molar-refractivity contribution in [1.29, 1.82) is 5.41 Å². The fourth-order valence-electron chi connectivity index (χ4n) is 3.78. The maximum atomic E-state index is 13.1. The molecule has 1 aromatic carbocycles. The molecule has 1 saturated heterocycles. The van der Waals surface area contributed by atoms with E-state index >= 15 is 0 Å². The minimum absolute atomic E-state index is 0.0728. The lowest BCUT2D eigenvalue weighted by molar-refractivity contribution is -0.227. The maximum Gasteiger partial charge on any atom is 0.302 e. The second kappa shape index (κ2) is 8.94. The number of halogens is 3. The molecule has 11 heteroatoms. The van der Waals surface area contributed by atoms with Crippen molar-refractivity contribution < 1.29 is 28.6 Å². The summed E-state index contributed by atoms with van der Waals surface area (Å²) in [6.07, 6.45) is -1.93. The number of carbonyl (C=O) groups is 3. The number of rotatable bonds is 4. The number of fused-ring (bicyclic) bond motifs is 1. The van der Waals surface area contributed by atoms with Crippen LogP contribution in [-0.2, 0) is 19.0 Å². The summed E-state index contributed by atoms with van der Waals surface area (Å²) < 4.78 is 14.4. The summed E-state index contributed by atoms with van der Waals surface area (Å²) in [5, 5.41) is 7.95. The number of esters is 1. The predicted molar refractivity (Wildman–Crippen MR) is 113 cm³/mol. The molecule has 8 nitrogen and oxygen atoms in total. The molecule has 1 N–H and O–H groups in total. The Morgan fingerprint density at radius 3 is 2.16 bits per heavy atom. The van der Waals surface area contributed by atoms with Crippen molar-refractivity contribution in [2.24, 2.45) is 11.8 Å². The molecule has 2 aliphatic heterocycles. The molecule has 5 atom stereocenters. The zero-order chi connectivity index (χ0) is 23.1.